The van der Waals surface area contributed by atoms with E-state index in [0.717, 1.165) is 11.5 Å². The van der Waals surface area contributed by atoms with Crippen LogP contribution < -0.4 is 10.7 Å². The minimum atomic E-state index is -3.72. The van der Waals surface area contributed by atoms with E-state index in [2.05, 4.69) is 36.0 Å². The summed E-state index contributed by atoms with van der Waals surface area (Å²) in [5.41, 5.74) is 1.51. The van der Waals surface area contributed by atoms with Gasteiger partial charge in [-0.2, -0.15) is 9.40 Å². The van der Waals surface area contributed by atoms with Gasteiger partial charge in [-0.3, -0.25) is 4.98 Å². The summed E-state index contributed by atoms with van der Waals surface area (Å²) in [6, 6.07) is 8.05. The predicted octanol–water partition coefficient (Wildman–Crippen LogP) is 1.72. The summed E-state index contributed by atoms with van der Waals surface area (Å²) in [4.78, 5) is 15.9. The summed E-state index contributed by atoms with van der Waals surface area (Å²) in [6.45, 7) is 7.28. The zero-order valence-electron chi connectivity index (χ0n) is 16.7. The Balaban J connectivity index is 1.47. The molecule has 1 aromatic carbocycles. The molecule has 1 fully saturated rings. The van der Waals surface area contributed by atoms with E-state index in [4.69, 9.17) is 4.42 Å². The number of rotatable bonds is 4. The van der Waals surface area contributed by atoms with E-state index in [9.17, 15) is 13.2 Å². The van der Waals surface area contributed by atoms with Gasteiger partial charge in [-0.25, -0.2) is 13.2 Å². The monoisotopic (exact) mass is 417 g/mol. The number of benzene rings is 1. The standard InChI is InChI=1S/C19H23N5O4S/c1-19(2,3)16-7-8-17(22-21-16)24-10-12(11-24)23(4)29(26,27)13-5-6-14-15(9-13)28-18(25)20-14/h5-9,12H,10-11H2,1-4H3,(H,20,25). The van der Waals surface area contributed by atoms with Crippen LogP contribution in [-0.4, -0.2) is 54.1 Å². The molecule has 4 rings (SSSR count). The molecule has 2 aromatic heterocycles. The third-order valence-electron chi connectivity index (χ3n) is 5.19. The Hall–Kier alpha value is -2.72. The second-order valence-electron chi connectivity index (χ2n) is 8.28. The van der Waals surface area contributed by atoms with Crippen molar-refractivity contribution in [2.75, 3.05) is 25.0 Å². The van der Waals surface area contributed by atoms with Crippen LogP contribution in [0.3, 0.4) is 0 Å². The Morgan fingerprint density at radius 2 is 1.90 bits per heavy atom. The van der Waals surface area contributed by atoms with Crippen LogP contribution in [0, 0.1) is 0 Å². The molecular formula is C19H23N5O4S. The topological polar surface area (TPSA) is 112 Å². The smallest absolute Gasteiger partial charge is 0.408 e. The van der Waals surface area contributed by atoms with Gasteiger partial charge in [0.2, 0.25) is 10.0 Å². The average molecular weight is 417 g/mol. The van der Waals surface area contributed by atoms with Gasteiger partial charge < -0.3 is 9.32 Å². The quantitative estimate of drug-likeness (QED) is 0.688. The lowest BCUT2D eigenvalue weighted by Crippen LogP contribution is -2.60. The van der Waals surface area contributed by atoms with Crippen LogP contribution in [-0.2, 0) is 15.4 Å². The Morgan fingerprint density at radius 3 is 2.52 bits per heavy atom. The lowest BCUT2D eigenvalue weighted by Gasteiger charge is -2.43. The van der Waals surface area contributed by atoms with Crippen LogP contribution in [0.1, 0.15) is 26.5 Å². The molecule has 1 saturated heterocycles. The fourth-order valence-electron chi connectivity index (χ4n) is 3.21. The van der Waals surface area contributed by atoms with Crippen LogP contribution in [0.2, 0.25) is 0 Å². The molecule has 29 heavy (non-hydrogen) atoms. The maximum atomic E-state index is 13.0. The molecule has 1 aliphatic rings. The lowest BCUT2D eigenvalue weighted by molar-refractivity contribution is 0.309. The second kappa shape index (κ2) is 6.67. The molecule has 1 N–H and O–H groups in total. The van der Waals surface area contributed by atoms with E-state index in [0.29, 0.717) is 18.6 Å². The highest BCUT2D eigenvalue weighted by atomic mass is 32.2. The molecule has 3 aromatic rings. The van der Waals surface area contributed by atoms with E-state index in [1.54, 1.807) is 7.05 Å². The first-order valence-corrected chi connectivity index (χ1v) is 10.7. The number of sulfonamides is 1. The van der Waals surface area contributed by atoms with Crippen molar-refractivity contribution in [3.05, 3.63) is 46.6 Å². The summed E-state index contributed by atoms with van der Waals surface area (Å²) in [6.07, 6.45) is 0. The number of anilines is 1. The Kier molecular flexibility index (Phi) is 4.50. The molecule has 0 spiro atoms. The Labute approximate surface area is 168 Å². The van der Waals surface area contributed by atoms with Gasteiger partial charge in [0, 0.05) is 31.6 Å². The summed E-state index contributed by atoms with van der Waals surface area (Å²) >= 11 is 0. The second-order valence-corrected chi connectivity index (χ2v) is 10.3. The van der Waals surface area contributed by atoms with Crippen molar-refractivity contribution in [1.82, 2.24) is 19.5 Å². The molecule has 0 amide bonds. The number of aromatic amines is 1. The largest absolute Gasteiger partial charge is 0.417 e. The molecular weight excluding hydrogens is 394 g/mol. The van der Waals surface area contributed by atoms with Gasteiger partial charge in [-0.05, 0) is 24.3 Å². The zero-order chi connectivity index (χ0) is 21.0. The van der Waals surface area contributed by atoms with E-state index in [-0.39, 0.29) is 21.9 Å². The molecule has 0 unspecified atom stereocenters. The number of likely N-dealkylation sites (N-methyl/N-ethyl adjacent to an activating group) is 1. The normalized spacial score (nSPS) is 15.8. The summed E-state index contributed by atoms with van der Waals surface area (Å²) in [7, 11) is -2.16. The first-order valence-electron chi connectivity index (χ1n) is 9.26. The van der Waals surface area contributed by atoms with Crippen molar-refractivity contribution in [1.29, 1.82) is 0 Å². The molecule has 9 nitrogen and oxygen atoms in total. The summed E-state index contributed by atoms with van der Waals surface area (Å²) in [5, 5.41) is 8.57. The van der Waals surface area contributed by atoms with E-state index >= 15 is 0 Å². The van der Waals surface area contributed by atoms with E-state index < -0.39 is 15.8 Å². The van der Waals surface area contributed by atoms with Gasteiger partial charge in [-0.1, -0.05) is 20.8 Å². The molecule has 0 atom stereocenters. The Morgan fingerprint density at radius 1 is 1.17 bits per heavy atom. The minimum Gasteiger partial charge on any atom is -0.408 e. The lowest BCUT2D eigenvalue weighted by atomic mass is 9.92. The molecule has 0 radical (unpaired) electrons. The third kappa shape index (κ3) is 3.53. The maximum absolute atomic E-state index is 13.0. The number of nitrogens with one attached hydrogen (secondary N) is 1. The number of nitrogens with zero attached hydrogens (tertiary/aromatic N) is 4. The van der Waals surface area contributed by atoms with Gasteiger partial charge in [0.15, 0.2) is 11.4 Å². The molecule has 10 heteroatoms. The van der Waals surface area contributed by atoms with Crippen molar-refractivity contribution in [3.63, 3.8) is 0 Å². The number of aromatic nitrogens is 3. The molecule has 0 bridgehead atoms. The van der Waals surface area contributed by atoms with Crippen LogP contribution >= 0.6 is 0 Å². The fourth-order valence-corrected chi connectivity index (χ4v) is 4.57. The highest BCUT2D eigenvalue weighted by molar-refractivity contribution is 7.89. The molecule has 1 aliphatic heterocycles. The van der Waals surface area contributed by atoms with Crippen LogP contribution in [0.4, 0.5) is 5.82 Å². The van der Waals surface area contributed by atoms with E-state index in [1.807, 2.05) is 17.0 Å². The number of oxazole rings is 1. The summed E-state index contributed by atoms with van der Waals surface area (Å²) < 4.78 is 32.3. The van der Waals surface area contributed by atoms with Crippen LogP contribution in [0.5, 0.6) is 0 Å². The highest BCUT2D eigenvalue weighted by Gasteiger charge is 2.37. The minimum absolute atomic E-state index is 0.0724. The van der Waals surface area contributed by atoms with Crippen molar-refractivity contribution < 1.29 is 12.8 Å². The predicted molar refractivity (Wildman–Crippen MR) is 109 cm³/mol. The number of hydrogen-bond acceptors (Lipinski definition) is 7. The third-order valence-corrected chi connectivity index (χ3v) is 7.09. The van der Waals surface area contributed by atoms with Crippen molar-refractivity contribution in [2.45, 2.75) is 37.1 Å². The van der Waals surface area contributed by atoms with Crippen LogP contribution in [0.25, 0.3) is 11.1 Å². The fraction of sp³-hybridized carbons (Fsp3) is 0.421. The van der Waals surface area contributed by atoms with Gasteiger partial charge >= 0.3 is 5.76 Å². The first-order chi connectivity index (χ1) is 13.6. The highest BCUT2D eigenvalue weighted by Crippen LogP contribution is 2.27. The number of fused-ring (bicyclic) bond motifs is 1. The molecule has 0 saturated carbocycles. The Bertz CT molecular complexity index is 1200. The van der Waals surface area contributed by atoms with Crippen molar-refractivity contribution in [3.8, 4) is 0 Å². The van der Waals surface area contributed by atoms with Gasteiger partial charge in [0.25, 0.3) is 0 Å². The van der Waals surface area contributed by atoms with E-state index in [1.165, 1.54) is 22.5 Å². The van der Waals surface area contributed by atoms with Crippen molar-refractivity contribution >= 4 is 26.9 Å². The number of H-pyrrole nitrogens is 1. The van der Waals surface area contributed by atoms with Gasteiger partial charge in [0.05, 0.1) is 22.1 Å². The summed E-state index contributed by atoms with van der Waals surface area (Å²) in [5.74, 6) is 0.117. The van der Waals surface area contributed by atoms with Crippen molar-refractivity contribution in [2.24, 2.45) is 0 Å². The van der Waals surface area contributed by atoms with Crippen LogP contribution in [0.15, 0.2) is 44.4 Å². The van der Waals surface area contributed by atoms with Gasteiger partial charge in [0.1, 0.15) is 0 Å². The molecule has 0 aliphatic carbocycles. The average Bonchev–Trinajstić information content (AvgIpc) is 2.99. The SMILES string of the molecule is CN(C1CN(c2ccc(C(C)(C)C)nn2)C1)S(=O)(=O)c1ccc2[nH]c(=O)oc2c1. The first kappa shape index (κ1) is 19.6. The molecule has 3 heterocycles. The zero-order valence-corrected chi connectivity index (χ0v) is 17.5. The maximum Gasteiger partial charge on any atom is 0.417 e. The van der Waals surface area contributed by atoms with Gasteiger partial charge in [-0.15, -0.1) is 5.10 Å². The molecule has 154 valence electrons. The number of hydrogen-bond donors (Lipinski definition) is 1.